The van der Waals surface area contributed by atoms with Crippen LogP contribution in [0.2, 0.25) is 0 Å². The minimum Gasteiger partial charge on any atom is -0.454 e. The van der Waals surface area contributed by atoms with Crippen LogP contribution in [0.4, 0.5) is 10.1 Å². The average Bonchev–Trinajstić information content (AvgIpc) is 3.20. The Labute approximate surface area is 180 Å². The lowest BCUT2D eigenvalue weighted by molar-refractivity contribution is -0.131. The van der Waals surface area contributed by atoms with Gasteiger partial charge in [-0.15, -0.1) is 0 Å². The van der Waals surface area contributed by atoms with E-state index in [2.05, 4.69) is 4.90 Å². The summed E-state index contributed by atoms with van der Waals surface area (Å²) in [6, 6.07) is 10.9. The smallest absolute Gasteiger partial charge is 0.243 e. The summed E-state index contributed by atoms with van der Waals surface area (Å²) in [7, 11) is -3.69. The van der Waals surface area contributed by atoms with Crippen molar-refractivity contribution in [1.29, 1.82) is 0 Å². The van der Waals surface area contributed by atoms with Crippen molar-refractivity contribution in [3.8, 4) is 11.5 Å². The molecule has 2 aromatic rings. The van der Waals surface area contributed by atoms with E-state index in [9.17, 15) is 17.6 Å². The van der Waals surface area contributed by atoms with E-state index in [1.807, 2.05) is 18.2 Å². The number of hydrogen-bond donors (Lipinski definition) is 0. The summed E-state index contributed by atoms with van der Waals surface area (Å²) in [5.74, 6) is 0.739. The Kier molecular flexibility index (Phi) is 6.01. The Morgan fingerprint density at radius 3 is 2.39 bits per heavy atom. The van der Waals surface area contributed by atoms with E-state index in [4.69, 9.17) is 9.47 Å². The maximum absolute atomic E-state index is 13.2. The molecule has 10 heteroatoms. The molecular formula is C21H24FN3O5S. The lowest BCUT2D eigenvalue weighted by atomic mass is 10.1. The van der Waals surface area contributed by atoms with Crippen LogP contribution in [-0.4, -0.2) is 69.9 Å². The van der Waals surface area contributed by atoms with Crippen LogP contribution in [0.3, 0.4) is 0 Å². The van der Waals surface area contributed by atoms with Crippen molar-refractivity contribution in [2.45, 2.75) is 6.54 Å². The molecule has 0 saturated carbocycles. The van der Waals surface area contributed by atoms with E-state index in [1.165, 1.54) is 24.3 Å². The Morgan fingerprint density at radius 2 is 1.71 bits per heavy atom. The van der Waals surface area contributed by atoms with Crippen molar-refractivity contribution in [2.75, 3.05) is 50.1 Å². The van der Waals surface area contributed by atoms with Gasteiger partial charge in [-0.1, -0.05) is 6.07 Å². The van der Waals surface area contributed by atoms with Gasteiger partial charge in [-0.25, -0.2) is 12.8 Å². The number of ether oxygens (including phenoxy) is 2. The zero-order valence-electron chi connectivity index (χ0n) is 17.2. The monoisotopic (exact) mass is 449 g/mol. The van der Waals surface area contributed by atoms with Crippen LogP contribution in [0.25, 0.3) is 0 Å². The van der Waals surface area contributed by atoms with Gasteiger partial charge in [0.05, 0.1) is 11.9 Å². The third-order valence-corrected chi connectivity index (χ3v) is 6.50. The van der Waals surface area contributed by atoms with Crippen molar-refractivity contribution in [3.05, 3.63) is 53.8 Å². The zero-order chi connectivity index (χ0) is 22.0. The summed E-state index contributed by atoms with van der Waals surface area (Å²) < 4.78 is 49.4. The molecule has 2 aliphatic rings. The summed E-state index contributed by atoms with van der Waals surface area (Å²) in [6.07, 6.45) is 1.03. The highest BCUT2D eigenvalue weighted by Crippen LogP contribution is 2.32. The quantitative estimate of drug-likeness (QED) is 0.668. The number of nitrogens with zero attached hydrogens (tertiary/aromatic N) is 3. The second-order valence-corrected chi connectivity index (χ2v) is 9.50. The number of fused-ring (bicyclic) bond motifs is 1. The van der Waals surface area contributed by atoms with Crippen LogP contribution in [0.1, 0.15) is 5.56 Å². The Hall–Kier alpha value is -2.85. The van der Waals surface area contributed by atoms with Crippen LogP contribution in [0.5, 0.6) is 11.5 Å². The number of anilines is 1. The highest BCUT2D eigenvalue weighted by Gasteiger charge is 2.27. The molecule has 8 nitrogen and oxygen atoms in total. The Bertz CT molecular complexity index is 1050. The second kappa shape index (κ2) is 8.72. The predicted molar refractivity (Wildman–Crippen MR) is 113 cm³/mol. The molecule has 1 amide bonds. The van der Waals surface area contributed by atoms with Gasteiger partial charge >= 0.3 is 0 Å². The third kappa shape index (κ3) is 5.08. The number of sulfonamides is 1. The summed E-state index contributed by atoms with van der Waals surface area (Å²) >= 11 is 0. The molecule has 0 N–H and O–H groups in total. The Morgan fingerprint density at radius 1 is 1.03 bits per heavy atom. The first-order chi connectivity index (χ1) is 14.8. The number of hydrogen-bond acceptors (Lipinski definition) is 6. The van der Waals surface area contributed by atoms with Gasteiger partial charge in [-0.2, -0.15) is 0 Å². The number of piperazine rings is 1. The highest BCUT2D eigenvalue weighted by molar-refractivity contribution is 7.92. The zero-order valence-corrected chi connectivity index (χ0v) is 18.0. The van der Waals surface area contributed by atoms with Crippen molar-refractivity contribution in [1.82, 2.24) is 9.80 Å². The molecule has 0 unspecified atom stereocenters. The molecule has 4 rings (SSSR count). The van der Waals surface area contributed by atoms with Crippen LogP contribution in [-0.2, 0) is 21.4 Å². The fourth-order valence-corrected chi connectivity index (χ4v) is 4.53. The molecule has 0 radical (unpaired) electrons. The molecule has 31 heavy (non-hydrogen) atoms. The van der Waals surface area contributed by atoms with Crippen LogP contribution >= 0.6 is 0 Å². The normalized spacial score (nSPS) is 16.4. The molecule has 1 fully saturated rings. The first kappa shape index (κ1) is 21.4. The molecule has 0 aliphatic carbocycles. The first-order valence-corrected chi connectivity index (χ1v) is 11.8. The summed E-state index contributed by atoms with van der Waals surface area (Å²) in [6.45, 7) is 3.01. The SMILES string of the molecule is CS(=O)(=O)N(CC(=O)N1CCN(Cc2ccc3c(c2)OCO3)CC1)c1ccc(F)cc1. The van der Waals surface area contributed by atoms with Gasteiger partial charge in [0.25, 0.3) is 0 Å². The molecule has 2 aliphatic heterocycles. The number of carbonyl (C=O) groups excluding carboxylic acids is 1. The minimum atomic E-state index is -3.69. The van der Waals surface area contributed by atoms with Crippen molar-refractivity contribution in [3.63, 3.8) is 0 Å². The van der Waals surface area contributed by atoms with Gasteiger partial charge in [0.2, 0.25) is 22.7 Å². The number of benzene rings is 2. The largest absolute Gasteiger partial charge is 0.454 e. The fraction of sp³-hybridized carbons (Fsp3) is 0.381. The topological polar surface area (TPSA) is 79.4 Å². The maximum Gasteiger partial charge on any atom is 0.243 e. The van der Waals surface area contributed by atoms with Gasteiger partial charge in [0, 0.05) is 32.7 Å². The lowest BCUT2D eigenvalue weighted by Gasteiger charge is -2.35. The molecule has 2 aromatic carbocycles. The maximum atomic E-state index is 13.2. The van der Waals surface area contributed by atoms with Crippen LogP contribution in [0.15, 0.2) is 42.5 Å². The number of carbonyl (C=O) groups is 1. The predicted octanol–water partition coefficient (Wildman–Crippen LogP) is 1.66. The Balaban J connectivity index is 1.34. The van der Waals surface area contributed by atoms with E-state index in [-0.39, 0.29) is 24.9 Å². The molecule has 1 saturated heterocycles. The van der Waals surface area contributed by atoms with E-state index in [0.717, 1.165) is 34.2 Å². The van der Waals surface area contributed by atoms with Gasteiger partial charge in [0.1, 0.15) is 12.4 Å². The highest BCUT2D eigenvalue weighted by atomic mass is 32.2. The third-order valence-electron chi connectivity index (χ3n) is 5.36. The lowest BCUT2D eigenvalue weighted by Crippen LogP contribution is -2.51. The van der Waals surface area contributed by atoms with Crippen molar-refractivity contribution < 1.29 is 27.1 Å². The van der Waals surface area contributed by atoms with Crippen LogP contribution in [0, 0.1) is 5.82 Å². The standard InChI is InChI=1S/C21H24FN3O5S/c1-31(27,28)25(18-5-3-17(22)4-6-18)14-21(26)24-10-8-23(9-11-24)13-16-2-7-19-20(12-16)30-15-29-19/h2-7,12H,8-11,13-15H2,1H3. The summed E-state index contributed by atoms with van der Waals surface area (Å²) in [4.78, 5) is 16.7. The minimum absolute atomic E-state index is 0.238. The van der Waals surface area contributed by atoms with Crippen molar-refractivity contribution in [2.24, 2.45) is 0 Å². The first-order valence-electron chi connectivity index (χ1n) is 9.91. The molecule has 0 aromatic heterocycles. The second-order valence-electron chi connectivity index (χ2n) is 7.59. The fourth-order valence-electron chi connectivity index (χ4n) is 3.68. The molecule has 0 atom stereocenters. The summed E-state index contributed by atoms with van der Waals surface area (Å²) in [5.41, 5.74) is 1.36. The van der Waals surface area contributed by atoms with E-state index in [1.54, 1.807) is 4.90 Å². The average molecular weight is 450 g/mol. The van der Waals surface area contributed by atoms with E-state index >= 15 is 0 Å². The number of halogens is 1. The molecule has 2 heterocycles. The summed E-state index contributed by atoms with van der Waals surface area (Å²) in [5, 5.41) is 0. The molecule has 0 bridgehead atoms. The molecule has 0 spiro atoms. The van der Waals surface area contributed by atoms with E-state index < -0.39 is 15.8 Å². The number of amides is 1. The van der Waals surface area contributed by atoms with Gasteiger partial charge in [-0.05, 0) is 42.0 Å². The molecular weight excluding hydrogens is 425 g/mol. The van der Waals surface area contributed by atoms with Crippen LogP contribution < -0.4 is 13.8 Å². The van der Waals surface area contributed by atoms with Crippen molar-refractivity contribution >= 4 is 21.6 Å². The number of rotatable bonds is 6. The molecule has 166 valence electrons. The van der Waals surface area contributed by atoms with Gasteiger partial charge in [0.15, 0.2) is 11.5 Å². The van der Waals surface area contributed by atoms with Gasteiger partial charge < -0.3 is 14.4 Å². The van der Waals surface area contributed by atoms with Gasteiger partial charge in [-0.3, -0.25) is 14.0 Å². The van der Waals surface area contributed by atoms with E-state index in [0.29, 0.717) is 26.2 Å².